The van der Waals surface area contributed by atoms with E-state index in [4.69, 9.17) is 18.9 Å². The summed E-state index contributed by atoms with van der Waals surface area (Å²) < 4.78 is 39.5. The third-order valence-corrected chi connectivity index (χ3v) is 16.3. The van der Waals surface area contributed by atoms with Crippen molar-refractivity contribution in [1.82, 2.24) is 0 Å². The zero-order valence-electron chi connectivity index (χ0n) is 40.3. The van der Waals surface area contributed by atoms with Crippen LogP contribution < -0.4 is 34.9 Å². The summed E-state index contributed by atoms with van der Waals surface area (Å²) in [4.78, 5) is 12.9. The third-order valence-electron chi connectivity index (χ3n) is 13.2. The van der Waals surface area contributed by atoms with Crippen molar-refractivity contribution >= 4 is 28.8 Å². The molecule has 0 aliphatic carbocycles. The lowest BCUT2D eigenvalue weighted by atomic mass is 9.78. The summed E-state index contributed by atoms with van der Waals surface area (Å²) in [5.74, 6) is 4.88. The first-order valence-electron chi connectivity index (χ1n) is 23.4. The number of ketones is 1. The Labute approximate surface area is 411 Å². The lowest BCUT2D eigenvalue weighted by Crippen LogP contribution is -2.24. The largest absolute Gasteiger partial charge is 0.497 e. The van der Waals surface area contributed by atoms with E-state index in [2.05, 4.69) is 76.2 Å². The van der Waals surface area contributed by atoms with Crippen molar-refractivity contribution in [3.63, 3.8) is 0 Å². The van der Waals surface area contributed by atoms with Crippen LogP contribution in [0.2, 0.25) is 0 Å². The van der Waals surface area contributed by atoms with Gasteiger partial charge in [0.25, 0.3) is 0 Å². The molecule has 70 heavy (non-hydrogen) atoms. The molecule has 0 amide bonds. The van der Waals surface area contributed by atoms with Gasteiger partial charge < -0.3 is 23.5 Å². The predicted octanol–water partition coefficient (Wildman–Crippen LogP) is 14.9. The second-order valence-electron chi connectivity index (χ2n) is 18.5. The van der Waals surface area contributed by atoms with Gasteiger partial charge in [0.1, 0.15) is 40.2 Å². The lowest BCUT2D eigenvalue weighted by molar-refractivity contribution is 0.103. The first-order valence-corrected chi connectivity index (χ1v) is 25.1. The van der Waals surface area contributed by atoms with Crippen LogP contribution in [0.1, 0.15) is 71.4 Å². The lowest BCUT2D eigenvalue weighted by Gasteiger charge is -2.26. The van der Waals surface area contributed by atoms with Crippen molar-refractivity contribution in [2.75, 3.05) is 7.11 Å². The molecule has 0 spiro atoms. The maximum Gasteiger partial charge on any atom is 0.193 e. The summed E-state index contributed by atoms with van der Waals surface area (Å²) >= 11 is 0. The van der Waals surface area contributed by atoms with Crippen LogP contribution in [0.15, 0.2) is 224 Å². The summed E-state index contributed by atoms with van der Waals surface area (Å²) in [7, 11) is -1.60. The molecule has 0 fully saturated rings. The first-order chi connectivity index (χ1) is 33.8. The molecule has 0 N–H and O–H groups in total. The van der Waals surface area contributed by atoms with Crippen molar-refractivity contribution in [2.24, 2.45) is 0 Å². The molecule has 9 aromatic carbocycles. The minimum Gasteiger partial charge on any atom is -0.497 e. The van der Waals surface area contributed by atoms with Crippen molar-refractivity contribution in [2.45, 2.75) is 45.4 Å². The number of ether oxygens (including phenoxy) is 4. The van der Waals surface area contributed by atoms with E-state index in [0.29, 0.717) is 56.2 Å². The molecule has 348 valence electrons. The third kappa shape index (κ3) is 10.1. The number of benzene rings is 9. The highest BCUT2D eigenvalue weighted by Crippen LogP contribution is 2.44. The molecular weight excluding hydrogens is 884 g/mol. The fourth-order valence-corrected chi connectivity index (χ4v) is 11.3. The summed E-state index contributed by atoms with van der Waals surface area (Å²) in [6.45, 7) is 10.8. The minimum absolute atomic E-state index is 0.0184. The molecule has 9 aromatic rings. The van der Waals surface area contributed by atoms with Crippen molar-refractivity contribution < 1.29 is 28.3 Å². The van der Waals surface area contributed by atoms with Gasteiger partial charge in [0.05, 0.1) is 7.11 Å². The van der Waals surface area contributed by atoms with Crippen LogP contribution in [0.5, 0.6) is 40.2 Å². The average molecular weight is 939 g/mol. The van der Waals surface area contributed by atoms with Crippen LogP contribution in [0.4, 0.5) is 0 Å². The van der Waals surface area contributed by atoms with E-state index in [9.17, 15) is 4.79 Å². The van der Waals surface area contributed by atoms with Crippen molar-refractivity contribution in [3.8, 4) is 40.2 Å². The fourth-order valence-electron chi connectivity index (χ4n) is 8.65. The number of carbonyl (C=O) groups excluding carboxylic acids is 1. The number of hydrogen-bond acceptors (Lipinski definition) is 6. The van der Waals surface area contributed by atoms with E-state index in [1.54, 1.807) is 19.2 Å². The smallest absolute Gasteiger partial charge is 0.193 e. The second kappa shape index (κ2) is 20.0. The molecule has 9 rings (SSSR count). The van der Waals surface area contributed by atoms with Gasteiger partial charge >= 0.3 is 0 Å². The Bertz CT molecular complexity index is 3230. The van der Waals surface area contributed by atoms with Crippen LogP contribution in [0.25, 0.3) is 0 Å². The molecule has 0 bridgehead atoms. The molecule has 0 radical (unpaired) electrons. The van der Waals surface area contributed by atoms with E-state index in [0.717, 1.165) is 27.7 Å². The molecular formula is C63H55O6P. The molecule has 1 atom stereocenters. The van der Waals surface area contributed by atoms with Crippen LogP contribution in [0.3, 0.4) is 0 Å². The number of methoxy groups -OCH3 is 1. The quantitative estimate of drug-likeness (QED) is 0.0710. The number of rotatable bonds is 16. The number of aryl methyl sites for hydroxylation is 1. The molecule has 0 aliphatic heterocycles. The Kier molecular flexibility index (Phi) is 13.5. The Hall–Kier alpha value is -7.92. The Morgan fingerprint density at radius 3 is 0.957 bits per heavy atom. The highest BCUT2D eigenvalue weighted by atomic mass is 31.2. The highest BCUT2D eigenvalue weighted by Gasteiger charge is 2.30. The van der Waals surface area contributed by atoms with E-state index in [1.807, 2.05) is 171 Å². The zero-order chi connectivity index (χ0) is 48.9. The average Bonchev–Trinajstić information content (AvgIpc) is 3.40. The zero-order valence-corrected chi connectivity index (χ0v) is 41.2. The van der Waals surface area contributed by atoms with Crippen molar-refractivity contribution in [3.05, 3.63) is 263 Å². The molecule has 1 unspecified atom stereocenters. The van der Waals surface area contributed by atoms with Gasteiger partial charge in [-0.1, -0.05) is 136 Å². The Morgan fingerprint density at radius 2 is 0.629 bits per heavy atom. The summed E-state index contributed by atoms with van der Waals surface area (Å²) in [6.07, 6.45) is 0. The predicted molar refractivity (Wildman–Crippen MR) is 284 cm³/mol. The van der Waals surface area contributed by atoms with E-state index in [1.165, 1.54) is 11.1 Å². The Balaban J connectivity index is 0.839. The summed E-state index contributed by atoms with van der Waals surface area (Å²) in [6, 6.07) is 72.2. The maximum atomic E-state index is 15.4. The molecule has 0 aromatic heterocycles. The summed E-state index contributed by atoms with van der Waals surface area (Å²) in [5.41, 5.74) is 6.49. The molecule has 0 saturated heterocycles. The standard InChI is InChI=1S/C63H55O6P/c1-44-12-14-45(15-13-44)61(64)46-16-26-52(27-17-46)67-53-30-20-49(21-31-53)63(4,5)50-24-34-55(35-25-50)69-57-38-42-60(43-39-57)70(65,58-10-8-7-9-11-58)59-40-36-56(37-41-59)68-54-32-22-48(23-33-54)62(2,3)47-18-28-51(66-6)29-19-47/h7-43H,1-6H3. The van der Waals surface area contributed by atoms with Gasteiger partial charge in [-0.3, -0.25) is 4.79 Å². The van der Waals surface area contributed by atoms with Crippen LogP contribution in [-0.2, 0) is 15.4 Å². The topological polar surface area (TPSA) is 71.1 Å². The van der Waals surface area contributed by atoms with Gasteiger partial charge in [0.15, 0.2) is 12.9 Å². The molecule has 0 aliphatic rings. The monoisotopic (exact) mass is 938 g/mol. The van der Waals surface area contributed by atoms with Crippen LogP contribution in [-0.4, -0.2) is 12.9 Å². The van der Waals surface area contributed by atoms with Crippen molar-refractivity contribution in [1.29, 1.82) is 0 Å². The van der Waals surface area contributed by atoms with E-state index in [-0.39, 0.29) is 16.6 Å². The fraction of sp³-hybridized carbons (Fsp3) is 0.127. The van der Waals surface area contributed by atoms with E-state index < -0.39 is 7.14 Å². The van der Waals surface area contributed by atoms with Gasteiger partial charge in [-0.05, 0) is 151 Å². The Morgan fingerprint density at radius 1 is 0.357 bits per heavy atom. The SMILES string of the molecule is COc1ccc(C(C)(C)c2ccc(Oc3ccc(P(=O)(c4ccccc4)c4ccc(Oc5ccc(C(C)(C)c6ccc(Oc7ccc(C(=O)c8ccc(C)cc8)cc7)cc6)cc5)cc4)cc3)cc2)cc1. The maximum absolute atomic E-state index is 15.4. The van der Waals surface area contributed by atoms with E-state index >= 15 is 4.57 Å². The molecule has 0 heterocycles. The van der Waals surface area contributed by atoms with Crippen LogP contribution in [0, 0.1) is 6.92 Å². The number of carbonyl (C=O) groups is 1. The second-order valence-corrected chi connectivity index (χ2v) is 21.3. The van der Waals surface area contributed by atoms with Gasteiger partial charge in [0.2, 0.25) is 0 Å². The van der Waals surface area contributed by atoms with Crippen LogP contribution >= 0.6 is 7.14 Å². The molecule has 0 saturated carbocycles. The first kappa shape index (κ1) is 47.2. The molecule has 7 heteroatoms. The van der Waals surface area contributed by atoms with Gasteiger partial charge in [-0.15, -0.1) is 0 Å². The highest BCUT2D eigenvalue weighted by molar-refractivity contribution is 7.85. The molecule has 6 nitrogen and oxygen atoms in total. The minimum atomic E-state index is -3.27. The number of hydrogen-bond donors (Lipinski definition) is 0. The van der Waals surface area contributed by atoms with Gasteiger partial charge in [-0.2, -0.15) is 0 Å². The normalized spacial score (nSPS) is 12.4. The summed E-state index contributed by atoms with van der Waals surface area (Å²) in [5, 5.41) is 2.15. The van der Waals surface area contributed by atoms with Gasteiger partial charge in [-0.25, -0.2) is 0 Å². The van der Waals surface area contributed by atoms with Gasteiger partial charge in [0, 0.05) is 37.9 Å².